The molecule has 0 radical (unpaired) electrons. The zero-order chi connectivity index (χ0) is 13.2. The summed E-state index contributed by atoms with van der Waals surface area (Å²) in [5.41, 5.74) is 1.16. The summed E-state index contributed by atoms with van der Waals surface area (Å²) in [5, 5.41) is 7.61. The number of carbonyl (C=O) groups excluding carboxylic acids is 1. The van der Waals surface area contributed by atoms with Gasteiger partial charge >= 0.3 is 5.97 Å². The molecule has 0 aliphatic carbocycles. The quantitative estimate of drug-likeness (QED) is 0.762. The van der Waals surface area contributed by atoms with Crippen LogP contribution in [0.5, 0.6) is 11.5 Å². The minimum atomic E-state index is -0.503. The number of hydrogen-bond acceptors (Lipinski definition) is 6. The van der Waals surface area contributed by atoms with E-state index in [1.54, 1.807) is 4.68 Å². The van der Waals surface area contributed by atoms with Gasteiger partial charge in [0.05, 0.1) is 19.9 Å². The minimum absolute atomic E-state index is 0.184. The largest absolute Gasteiger partial charge is 0.464 e. The van der Waals surface area contributed by atoms with E-state index in [1.807, 2.05) is 18.2 Å². The van der Waals surface area contributed by atoms with Crippen LogP contribution in [-0.4, -0.2) is 34.9 Å². The highest BCUT2D eigenvalue weighted by Crippen LogP contribution is 2.32. The fraction of sp³-hybridized carbons (Fsp3) is 0.250. The Hall–Kier alpha value is -2.57. The molecule has 0 fully saturated rings. The highest BCUT2D eigenvalue weighted by Gasteiger charge is 2.14. The summed E-state index contributed by atoms with van der Waals surface area (Å²) in [6, 6.07) is 5.63. The average molecular weight is 261 g/mol. The fourth-order valence-electron chi connectivity index (χ4n) is 1.80. The lowest BCUT2D eigenvalue weighted by Gasteiger charge is -2.02. The number of ether oxygens (including phenoxy) is 3. The predicted molar refractivity (Wildman–Crippen MR) is 63.0 cm³/mol. The summed E-state index contributed by atoms with van der Waals surface area (Å²) in [6.45, 7) is 0.731. The Balaban J connectivity index is 1.78. The lowest BCUT2D eigenvalue weighted by Crippen LogP contribution is -2.02. The Morgan fingerprint density at radius 3 is 3.11 bits per heavy atom. The van der Waals surface area contributed by atoms with Crippen molar-refractivity contribution in [2.75, 3.05) is 13.9 Å². The van der Waals surface area contributed by atoms with Crippen LogP contribution >= 0.6 is 0 Å². The van der Waals surface area contributed by atoms with Crippen molar-refractivity contribution in [2.45, 2.75) is 6.54 Å². The van der Waals surface area contributed by atoms with Crippen LogP contribution in [0.15, 0.2) is 24.4 Å². The smallest absolute Gasteiger partial charge is 0.360 e. The van der Waals surface area contributed by atoms with Crippen molar-refractivity contribution < 1.29 is 19.0 Å². The summed E-state index contributed by atoms with van der Waals surface area (Å²) >= 11 is 0. The van der Waals surface area contributed by atoms with Gasteiger partial charge in [-0.1, -0.05) is 11.3 Å². The van der Waals surface area contributed by atoms with Crippen LogP contribution < -0.4 is 9.47 Å². The monoisotopic (exact) mass is 261 g/mol. The predicted octanol–water partition coefficient (Wildman–Crippen LogP) is 0.842. The van der Waals surface area contributed by atoms with Gasteiger partial charge in [-0.15, -0.1) is 5.10 Å². The maximum atomic E-state index is 11.3. The van der Waals surface area contributed by atoms with Crippen LogP contribution in [0.25, 0.3) is 0 Å². The Morgan fingerprint density at radius 2 is 2.26 bits per heavy atom. The summed E-state index contributed by atoms with van der Waals surface area (Å²) in [7, 11) is 1.30. The van der Waals surface area contributed by atoms with Crippen molar-refractivity contribution in [1.29, 1.82) is 0 Å². The van der Waals surface area contributed by atoms with Gasteiger partial charge in [0, 0.05) is 0 Å². The molecule has 0 saturated heterocycles. The van der Waals surface area contributed by atoms with Gasteiger partial charge in [-0.3, -0.25) is 0 Å². The van der Waals surface area contributed by atoms with E-state index in [0.29, 0.717) is 12.3 Å². The van der Waals surface area contributed by atoms with Crippen LogP contribution in [0, 0.1) is 0 Å². The van der Waals surface area contributed by atoms with E-state index in [2.05, 4.69) is 15.0 Å². The lowest BCUT2D eigenvalue weighted by molar-refractivity contribution is 0.0594. The molecule has 0 amide bonds. The van der Waals surface area contributed by atoms with E-state index in [9.17, 15) is 4.79 Å². The van der Waals surface area contributed by atoms with E-state index < -0.39 is 5.97 Å². The normalized spacial score (nSPS) is 12.5. The van der Waals surface area contributed by atoms with E-state index in [-0.39, 0.29) is 12.5 Å². The first-order valence-electron chi connectivity index (χ1n) is 5.63. The molecule has 0 atom stereocenters. The summed E-state index contributed by atoms with van der Waals surface area (Å²) < 4.78 is 16.7. The fourth-order valence-corrected chi connectivity index (χ4v) is 1.80. The van der Waals surface area contributed by atoms with E-state index in [0.717, 1.165) is 11.3 Å². The molecule has 3 rings (SSSR count). The molecule has 2 aromatic rings. The Kier molecular flexibility index (Phi) is 2.79. The number of aromatic nitrogens is 3. The van der Waals surface area contributed by atoms with Gasteiger partial charge in [0.1, 0.15) is 0 Å². The molecule has 0 N–H and O–H groups in total. The van der Waals surface area contributed by atoms with Gasteiger partial charge in [0.25, 0.3) is 0 Å². The maximum absolute atomic E-state index is 11.3. The third-order valence-corrected chi connectivity index (χ3v) is 2.71. The molecular weight excluding hydrogens is 250 g/mol. The van der Waals surface area contributed by atoms with Gasteiger partial charge in [-0.25, -0.2) is 9.48 Å². The second-order valence-corrected chi connectivity index (χ2v) is 3.98. The molecule has 7 heteroatoms. The lowest BCUT2D eigenvalue weighted by atomic mass is 10.2. The molecule has 0 saturated carbocycles. The number of carbonyl (C=O) groups is 1. The number of methoxy groups -OCH3 is 1. The van der Waals surface area contributed by atoms with Gasteiger partial charge in [-0.2, -0.15) is 0 Å². The Labute approximate surface area is 108 Å². The molecular formula is C12H11N3O4. The third-order valence-electron chi connectivity index (χ3n) is 2.71. The number of hydrogen-bond donors (Lipinski definition) is 0. The molecule has 2 heterocycles. The van der Waals surface area contributed by atoms with Gasteiger partial charge < -0.3 is 14.2 Å². The summed E-state index contributed by atoms with van der Waals surface area (Å²) in [6.07, 6.45) is 1.54. The minimum Gasteiger partial charge on any atom is -0.464 e. The molecule has 7 nitrogen and oxygen atoms in total. The number of fused-ring (bicyclic) bond motifs is 1. The second-order valence-electron chi connectivity index (χ2n) is 3.98. The highest BCUT2D eigenvalue weighted by molar-refractivity contribution is 5.86. The van der Waals surface area contributed by atoms with Gasteiger partial charge in [0.15, 0.2) is 17.2 Å². The van der Waals surface area contributed by atoms with Crippen molar-refractivity contribution in [1.82, 2.24) is 15.0 Å². The molecule has 1 aromatic carbocycles. The molecule has 1 aliphatic heterocycles. The third kappa shape index (κ3) is 2.22. The van der Waals surface area contributed by atoms with Crippen molar-refractivity contribution in [3.05, 3.63) is 35.7 Å². The van der Waals surface area contributed by atoms with Crippen LogP contribution in [0.4, 0.5) is 0 Å². The number of rotatable bonds is 3. The molecule has 19 heavy (non-hydrogen) atoms. The molecule has 1 aliphatic rings. The van der Waals surface area contributed by atoms with Gasteiger partial charge in [0.2, 0.25) is 6.79 Å². The topological polar surface area (TPSA) is 75.5 Å². The SMILES string of the molecule is COC(=O)c1cn(Cc2ccc3c(c2)OCO3)nn1. The average Bonchev–Trinajstić information content (AvgIpc) is 3.06. The first-order valence-corrected chi connectivity index (χ1v) is 5.63. The maximum Gasteiger partial charge on any atom is 0.360 e. The molecule has 0 spiro atoms. The second kappa shape index (κ2) is 4.60. The van der Waals surface area contributed by atoms with Crippen molar-refractivity contribution in [2.24, 2.45) is 0 Å². The number of benzene rings is 1. The first-order chi connectivity index (χ1) is 9.26. The molecule has 98 valence electrons. The summed E-state index contributed by atoms with van der Waals surface area (Å²) in [5.74, 6) is 0.945. The Morgan fingerprint density at radius 1 is 1.42 bits per heavy atom. The van der Waals surface area contributed by atoms with Crippen LogP contribution in [0.1, 0.15) is 16.1 Å². The zero-order valence-corrected chi connectivity index (χ0v) is 10.2. The molecule has 0 bridgehead atoms. The van der Waals surface area contributed by atoms with Crippen molar-refractivity contribution >= 4 is 5.97 Å². The van der Waals surface area contributed by atoms with E-state index in [4.69, 9.17) is 9.47 Å². The van der Waals surface area contributed by atoms with E-state index >= 15 is 0 Å². The van der Waals surface area contributed by atoms with Crippen LogP contribution in [0.3, 0.4) is 0 Å². The summed E-state index contributed by atoms with van der Waals surface area (Å²) in [4.78, 5) is 11.3. The zero-order valence-electron chi connectivity index (χ0n) is 10.2. The molecule has 0 unspecified atom stereocenters. The van der Waals surface area contributed by atoms with Crippen molar-refractivity contribution in [3.63, 3.8) is 0 Å². The molecule has 1 aromatic heterocycles. The van der Waals surface area contributed by atoms with Crippen molar-refractivity contribution in [3.8, 4) is 11.5 Å². The van der Waals surface area contributed by atoms with Gasteiger partial charge in [-0.05, 0) is 17.7 Å². The van der Waals surface area contributed by atoms with E-state index in [1.165, 1.54) is 13.3 Å². The Bertz CT molecular complexity index is 623. The van der Waals surface area contributed by atoms with Crippen LogP contribution in [0.2, 0.25) is 0 Å². The number of esters is 1. The first kappa shape index (κ1) is 11.5. The standard InChI is InChI=1S/C12H11N3O4/c1-17-12(16)9-6-15(14-13-9)5-8-2-3-10-11(4-8)19-7-18-10/h2-4,6H,5,7H2,1H3. The highest BCUT2D eigenvalue weighted by atomic mass is 16.7. The van der Waals surface area contributed by atoms with Crippen LogP contribution in [-0.2, 0) is 11.3 Å². The number of nitrogens with zero attached hydrogens (tertiary/aromatic N) is 3.